The second-order valence-electron chi connectivity index (χ2n) is 5.22. The molecule has 0 atom stereocenters. The fourth-order valence-electron chi connectivity index (χ4n) is 2.80. The third-order valence-corrected chi connectivity index (χ3v) is 3.78. The minimum Gasteiger partial charge on any atom is -0.361 e. The van der Waals surface area contributed by atoms with Crippen molar-refractivity contribution in [2.45, 2.75) is 19.8 Å². The molecule has 1 aromatic carbocycles. The van der Waals surface area contributed by atoms with Crippen LogP contribution in [0.1, 0.15) is 18.9 Å². The van der Waals surface area contributed by atoms with E-state index in [0.29, 0.717) is 0 Å². The van der Waals surface area contributed by atoms with Crippen LogP contribution in [0.4, 0.5) is 0 Å². The lowest BCUT2D eigenvalue weighted by atomic mass is 10.1. The highest BCUT2D eigenvalue weighted by Crippen LogP contribution is 2.19. The third kappa shape index (κ3) is 2.34. The van der Waals surface area contributed by atoms with E-state index < -0.39 is 0 Å². The molecule has 94 valence electrons. The van der Waals surface area contributed by atoms with Crippen molar-refractivity contribution in [3.05, 3.63) is 47.7 Å². The molecule has 1 aromatic heterocycles. The van der Waals surface area contributed by atoms with E-state index in [1.807, 2.05) is 0 Å². The number of fused-ring (bicyclic) bond motifs is 1. The van der Waals surface area contributed by atoms with Crippen molar-refractivity contribution in [3.8, 4) is 0 Å². The Balaban J connectivity index is 1.68. The minimum absolute atomic E-state index is 1.14. The summed E-state index contributed by atoms with van der Waals surface area (Å²) < 4.78 is 0. The number of benzene rings is 1. The van der Waals surface area contributed by atoms with Gasteiger partial charge in [0.15, 0.2) is 0 Å². The number of para-hydroxylation sites is 1. The molecule has 1 N–H and O–H groups in total. The van der Waals surface area contributed by atoms with E-state index in [4.69, 9.17) is 0 Å². The topological polar surface area (TPSA) is 19.0 Å². The van der Waals surface area contributed by atoms with Crippen LogP contribution >= 0.6 is 0 Å². The highest BCUT2D eigenvalue weighted by atomic mass is 15.1. The number of aromatic nitrogens is 1. The van der Waals surface area contributed by atoms with Crippen LogP contribution in [-0.4, -0.2) is 29.5 Å². The monoisotopic (exact) mass is 240 g/mol. The van der Waals surface area contributed by atoms with Crippen LogP contribution in [0, 0.1) is 0 Å². The van der Waals surface area contributed by atoms with Crippen LogP contribution < -0.4 is 0 Å². The molecule has 0 fully saturated rings. The molecule has 0 aliphatic carbocycles. The van der Waals surface area contributed by atoms with Gasteiger partial charge in [0.25, 0.3) is 0 Å². The average molecular weight is 240 g/mol. The molecule has 0 saturated carbocycles. The summed E-state index contributed by atoms with van der Waals surface area (Å²) >= 11 is 0. The van der Waals surface area contributed by atoms with Gasteiger partial charge in [0.2, 0.25) is 0 Å². The smallest absolute Gasteiger partial charge is 0.0456 e. The summed E-state index contributed by atoms with van der Waals surface area (Å²) in [5.74, 6) is 0. The first kappa shape index (κ1) is 11.5. The Hall–Kier alpha value is -1.54. The van der Waals surface area contributed by atoms with Crippen molar-refractivity contribution in [2.24, 2.45) is 0 Å². The van der Waals surface area contributed by atoms with Crippen molar-refractivity contribution in [1.29, 1.82) is 0 Å². The van der Waals surface area contributed by atoms with Crippen LogP contribution in [0.15, 0.2) is 42.1 Å². The van der Waals surface area contributed by atoms with E-state index in [1.165, 1.54) is 35.0 Å². The van der Waals surface area contributed by atoms with Crippen LogP contribution in [0.2, 0.25) is 0 Å². The first-order valence-electron chi connectivity index (χ1n) is 6.76. The predicted octanol–water partition coefficient (Wildman–Crippen LogP) is 3.36. The van der Waals surface area contributed by atoms with E-state index in [2.05, 4.69) is 53.3 Å². The largest absolute Gasteiger partial charge is 0.361 e. The Labute approximate surface area is 108 Å². The molecule has 18 heavy (non-hydrogen) atoms. The quantitative estimate of drug-likeness (QED) is 0.815. The molecule has 2 heteroatoms. The summed E-state index contributed by atoms with van der Waals surface area (Å²) in [6.45, 7) is 5.74. The highest BCUT2D eigenvalue weighted by molar-refractivity contribution is 5.83. The molecule has 0 radical (unpaired) electrons. The molecule has 2 aromatic rings. The number of hydrogen-bond donors (Lipinski definition) is 1. The van der Waals surface area contributed by atoms with Crippen molar-refractivity contribution in [3.63, 3.8) is 0 Å². The Morgan fingerprint density at radius 1 is 1.28 bits per heavy atom. The fourth-order valence-corrected chi connectivity index (χ4v) is 2.80. The lowest BCUT2D eigenvalue weighted by Gasteiger charge is -2.25. The molecule has 2 nitrogen and oxygen atoms in total. The van der Waals surface area contributed by atoms with Crippen molar-refractivity contribution >= 4 is 10.9 Å². The molecule has 0 bridgehead atoms. The van der Waals surface area contributed by atoms with Crippen molar-refractivity contribution in [1.82, 2.24) is 9.88 Å². The molecule has 0 spiro atoms. The van der Waals surface area contributed by atoms with Gasteiger partial charge in [0.1, 0.15) is 0 Å². The summed E-state index contributed by atoms with van der Waals surface area (Å²) in [7, 11) is 0. The van der Waals surface area contributed by atoms with Gasteiger partial charge in [-0.25, -0.2) is 0 Å². The van der Waals surface area contributed by atoms with Gasteiger partial charge < -0.3 is 4.98 Å². The number of nitrogens with one attached hydrogen (secondary N) is 1. The molecule has 2 heterocycles. The second-order valence-corrected chi connectivity index (χ2v) is 5.22. The molecular weight excluding hydrogens is 220 g/mol. The Morgan fingerprint density at radius 2 is 2.17 bits per heavy atom. The van der Waals surface area contributed by atoms with Gasteiger partial charge in [-0.05, 0) is 31.4 Å². The van der Waals surface area contributed by atoms with Crippen LogP contribution in [0.5, 0.6) is 0 Å². The summed E-state index contributed by atoms with van der Waals surface area (Å²) in [4.78, 5) is 5.91. The van der Waals surface area contributed by atoms with Gasteiger partial charge in [0, 0.05) is 36.7 Å². The average Bonchev–Trinajstić information content (AvgIpc) is 2.80. The van der Waals surface area contributed by atoms with E-state index in [0.717, 1.165) is 19.5 Å². The fraction of sp³-hybridized carbons (Fsp3) is 0.375. The van der Waals surface area contributed by atoms with Gasteiger partial charge >= 0.3 is 0 Å². The minimum atomic E-state index is 1.14. The molecule has 0 unspecified atom stereocenters. The molecule has 1 aliphatic heterocycles. The van der Waals surface area contributed by atoms with Gasteiger partial charge in [0.05, 0.1) is 0 Å². The van der Waals surface area contributed by atoms with E-state index in [1.54, 1.807) is 0 Å². The Morgan fingerprint density at radius 3 is 3.06 bits per heavy atom. The summed E-state index contributed by atoms with van der Waals surface area (Å²) in [6, 6.07) is 8.56. The zero-order valence-corrected chi connectivity index (χ0v) is 10.9. The Kier molecular flexibility index (Phi) is 3.20. The number of nitrogens with zero attached hydrogens (tertiary/aromatic N) is 1. The maximum absolute atomic E-state index is 3.35. The van der Waals surface area contributed by atoms with Crippen LogP contribution in [-0.2, 0) is 6.42 Å². The SMILES string of the molecule is CC1=CCCN(CCc2c[nH]c3ccccc23)C1. The van der Waals surface area contributed by atoms with Gasteiger partial charge in [-0.15, -0.1) is 0 Å². The molecular formula is C16H20N2. The highest BCUT2D eigenvalue weighted by Gasteiger charge is 2.10. The molecule has 0 amide bonds. The van der Waals surface area contributed by atoms with Gasteiger partial charge in [-0.2, -0.15) is 0 Å². The van der Waals surface area contributed by atoms with E-state index in [-0.39, 0.29) is 0 Å². The molecule has 3 rings (SSSR count). The zero-order chi connectivity index (χ0) is 12.4. The van der Waals surface area contributed by atoms with Crippen LogP contribution in [0.3, 0.4) is 0 Å². The summed E-state index contributed by atoms with van der Waals surface area (Å²) in [5.41, 5.74) is 4.21. The van der Waals surface area contributed by atoms with E-state index >= 15 is 0 Å². The third-order valence-electron chi connectivity index (χ3n) is 3.78. The number of H-pyrrole nitrogens is 1. The summed E-state index contributed by atoms with van der Waals surface area (Å²) in [5, 5.41) is 1.38. The van der Waals surface area contributed by atoms with Gasteiger partial charge in [-0.1, -0.05) is 29.8 Å². The molecule has 0 saturated heterocycles. The lowest BCUT2D eigenvalue weighted by Crippen LogP contribution is -2.31. The number of aromatic amines is 1. The lowest BCUT2D eigenvalue weighted by molar-refractivity contribution is 0.294. The number of rotatable bonds is 3. The zero-order valence-electron chi connectivity index (χ0n) is 10.9. The summed E-state index contributed by atoms with van der Waals surface area (Å²) in [6.07, 6.45) is 6.87. The standard InChI is InChI=1S/C16H20N2/c1-13-5-4-9-18(12-13)10-8-14-11-17-16-7-3-2-6-15(14)16/h2-3,5-7,11,17H,4,8-10,12H2,1H3. The first-order valence-corrected chi connectivity index (χ1v) is 6.76. The Bertz CT molecular complexity index is 565. The van der Waals surface area contributed by atoms with E-state index in [9.17, 15) is 0 Å². The normalized spacial score (nSPS) is 17.1. The van der Waals surface area contributed by atoms with Crippen LogP contribution in [0.25, 0.3) is 10.9 Å². The maximum atomic E-state index is 3.35. The van der Waals surface area contributed by atoms with Gasteiger partial charge in [-0.3, -0.25) is 4.90 Å². The first-order chi connectivity index (χ1) is 8.83. The predicted molar refractivity (Wildman–Crippen MR) is 76.8 cm³/mol. The van der Waals surface area contributed by atoms with Crippen molar-refractivity contribution in [2.75, 3.05) is 19.6 Å². The maximum Gasteiger partial charge on any atom is 0.0456 e. The number of hydrogen-bond acceptors (Lipinski definition) is 1. The second kappa shape index (κ2) is 4.99. The van der Waals surface area contributed by atoms with Crippen molar-refractivity contribution < 1.29 is 0 Å². The molecule has 1 aliphatic rings.